The number of sulfonamides is 1. The van der Waals surface area contributed by atoms with Gasteiger partial charge in [-0.05, 0) is 67.3 Å². The second-order valence-corrected chi connectivity index (χ2v) is 16.0. The summed E-state index contributed by atoms with van der Waals surface area (Å²) in [5, 5.41) is 0. The number of sulfone groups is 1. The molecule has 0 amide bonds. The van der Waals surface area contributed by atoms with E-state index in [4.69, 9.17) is 4.74 Å². The van der Waals surface area contributed by atoms with Crippen LogP contribution >= 0.6 is 0 Å². The molecule has 9 heteroatoms. The fourth-order valence-corrected chi connectivity index (χ4v) is 11.3. The highest BCUT2D eigenvalue weighted by Crippen LogP contribution is 2.67. The Kier molecular flexibility index (Phi) is 6.89. The van der Waals surface area contributed by atoms with E-state index in [0.717, 1.165) is 6.42 Å². The van der Waals surface area contributed by atoms with Crippen LogP contribution in [0, 0.1) is 16.7 Å². The summed E-state index contributed by atoms with van der Waals surface area (Å²) in [4.78, 5) is 14.4. The van der Waals surface area contributed by atoms with Crippen LogP contribution in [0.4, 0.5) is 0 Å². The molecule has 1 heterocycles. The van der Waals surface area contributed by atoms with Crippen molar-refractivity contribution in [1.82, 2.24) is 4.31 Å². The molecule has 1 aliphatic heterocycles. The SMILES string of the molecule is CC1=C(C(=O)O[C@H]2C[C@@H]3CC[C@@]2(CS(=O)(=O)c2ccccc2)C3(C)C)[C@H](c2ccccc2)N1S(=O)(=O)c1ccccc1. The Balaban J connectivity index is 1.35. The topological polar surface area (TPSA) is 97.8 Å². The first-order valence-corrected chi connectivity index (χ1v) is 17.3. The summed E-state index contributed by atoms with van der Waals surface area (Å²) in [7, 11) is -7.60. The lowest BCUT2D eigenvalue weighted by Gasteiger charge is -2.45. The average molecular weight is 606 g/mol. The number of rotatable bonds is 8. The molecule has 6 rings (SSSR count). The normalized spacial score (nSPS) is 26.6. The number of carbonyl (C=O) groups is 1. The Labute approximate surface area is 248 Å². The minimum atomic E-state index is -3.95. The quantitative estimate of drug-likeness (QED) is 0.296. The summed E-state index contributed by atoms with van der Waals surface area (Å²) < 4.78 is 62.3. The van der Waals surface area contributed by atoms with Gasteiger partial charge in [-0.15, -0.1) is 0 Å². The number of carbonyl (C=O) groups excluding carboxylic acids is 1. The van der Waals surface area contributed by atoms with E-state index < -0.39 is 43.4 Å². The second-order valence-electron chi connectivity index (χ2n) is 12.2. The van der Waals surface area contributed by atoms with Gasteiger partial charge in [-0.2, -0.15) is 0 Å². The van der Waals surface area contributed by atoms with Gasteiger partial charge in [0.1, 0.15) is 12.1 Å². The lowest BCUT2D eigenvalue weighted by atomic mass is 9.69. The first kappa shape index (κ1) is 28.7. The number of hydrogen-bond acceptors (Lipinski definition) is 6. The van der Waals surface area contributed by atoms with Gasteiger partial charge in [-0.3, -0.25) is 4.31 Å². The van der Waals surface area contributed by atoms with Crippen LogP contribution in [-0.2, 0) is 29.4 Å². The Morgan fingerprint density at radius 2 is 1.40 bits per heavy atom. The molecule has 0 N–H and O–H groups in total. The zero-order valence-electron chi connectivity index (χ0n) is 23.9. The van der Waals surface area contributed by atoms with Gasteiger partial charge in [-0.1, -0.05) is 80.6 Å². The lowest BCUT2D eigenvalue weighted by Crippen LogP contribution is -2.49. The number of benzene rings is 3. The summed E-state index contributed by atoms with van der Waals surface area (Å²) in [5.74, 6) is -0.483. The Morgan fingerprint density at radius 1 is 0.857 bits per heavy atom. The van der Waals surface area contributed by atoms with Crippen LogP contribution in [0.25, 0.3) is 0 Å². The molecule has 3 aliphatic rings. The number of esters is 1. The van der Waals surface area contributed by atoms with Crippen LogP contribution in [0.3, 0.4) is 0 Å². The van der Waals surface area contributed by atoms with Crippen LogP contribution in [-0.4, -0.2) is 39.0 Å². The smallest absolute Gasteiger partial charge is 0.338 e. The van der Waals surface area contributed by atoms with E-state index in [2.05, 4.69) is 13.8 Å². The zero-order chi connectivity index (χ0) is 29.9. The minimum absolute atomic E-state index is 0.111. The van der Waals surface area contributed by atoms with Crippen molar-refractivity contribution in [3.63, 3.8) is 0 Å². The van der Waals surface area contributed by atoms with E-state index in [1.165, 1.54) is 16.4 Å². The summed E-state index contributed by atoms with van der Waals surface area (Å²) in [6, 6.07) is 24.8. The van der Waals surface area contributed by atoms with Crippen LogP contribution < -0.4 is 0 Å². The largest absolute Gasteiger partial charge is 0.458 e. The number of hydrogen-bond donors (Lipinski definition) is 0. The lowest BCUT2D eigenvalue weighted by molar-refractivity contribution is -0.153. The molecule has 220 valence electrons. The number of ether oxygens (including phenoxy) is 1. The molecular weight excluding hydrogens is 570 g/mol. The van der Waals surface area contributed by atoms with Gasteiger partial charge < -0.3 is 4.74 Å². The molecule has 2 bridgehead atoms. The Bertz CT molecular complexity index is 1750. The van der Waals surface area contributed by atoms with Crippen molar-refractivity contribution in [2.24, 2.45) is 16.7 Å². The maximum atomic E-state index is 14.0. The Morgan fingerprint density at radius 3 is 1.98 bits per heavy atom. The second kappa shape index (κ2) is 10.1. The molecule has 4 atom stereocenters. The highest BCUT2D eigenvalue weighted by Gasteiger charge is 2.67. The third-order valence-electron chi connectivity index (χ3n) is 10.0. The van der Waals surface area contributed by atoms with Crippen molar-refractivity contribution >= 4 is 25.8 Å². The van der Waals surface area contributed by atoms with Gasteiger partial charge in [0.05, 0.1) is 21.1 Å². The van der Waals surface area contributed by atoms with Crippen LogP contribution in [0.2, 0.25) is 0 Å². The molecule has 2 fully saturated rings. The first-order chi connectivity index (χ1) is 19.9. The van der Waals surface area contributed by atoms with Gasteiger partial charge in [-0.25, -0.2) is 21.6 Å². The van der Waals surface area contributed by atoms with Crippen molar-refractivity contribution in [2.45, 2.75) is 62.0 Å². The van der Waals surface area contributed by atoms with E-state index in [1.54, 1.807) is 79.7 Å². The maximum absolute atomic E-state index is 14.0. The van der Waals surface area contributed by atoms with E-state index in [-0.39, 0.29) is 32.4 Å². The van der Waals surface area contributed by atoms with Crippen LogP contribution in [0.15, 0.2) is 112 Å². The molecule has 0 radical (unpaired) electrons. The molecule has 7 nitrogen and oxygen atoms in total. The van der Waals surface area contributed by atoms with Gasteiger partial charge in [0, 0.05) is 11.1 Å². The number of nitrogens with zero attached hydrogens (tertiary/aromatic N) is 1. The standard InChI is InChI=1S/C33H35NO6S2/c1-23-29(30(24-13-7-4-8-14-24)34(23)42(38,39)27-17-11-6-12-18-27)31(35)40-28-21-25-19-20-33(28,32(25,2)3)22-41(36,37)26-15-9-5-10-16-26/h4-18,25,28,30H,19-22H2,1-3H3/t25-,28-,30-,33-/m0/s1. The van der Waals surface area contributed by atoms with Gasteiger partial charge >= 0.3 is 5.97 Å². The predicted octanol–water partition coefficient (Wildman–Crippen LogP) is 5.92. The fourth-order valence-electron chi connectivity index (χ4n) is 7.53. The molecular formula is C33H35NO6S2. The van der Waals surface area contributed by atoms with E-state index >= 15 is 0 Å². The van der Waals surface area contributed by atoms with Crippen molar-refractivity contribution in [3.8, 4) is 0 Å². The molecule has 2 aliphatic carbocycles. The first-order valence-electron chi connectivity index (χ1n) is 14.2. The highest BCUT2D eigenvalue weighted by molar-refractivity contribution is 7.91. The van der Waals surface area contributed by atoms with Crippen molar-refractivity contribution in [2.75, 3.05) is 5.75 Å². The molecule has 0 aromatic heterocycles. The van der Waals surface area contributed by atoms with Crippen molar-refractivity contribution in [3.05, 3.63) is 108 Å². The molecule has 3 aromatic carbocycles. The van der Waals surface area contributed by atoms with Crippen molar-refractivity contribution < 1.29 is 26.4 Å². The van der Waals surface area contributed by atoms with Crippen LogP contribution in [0.1, 0.15) is 51.6 Å². The highest BCUT2D eigenvalue weighted by atomic mass is 32.2. The van der Waals surface area contributed by atoms with Gasteiger partial charge in [0.25, 0.3) is 10.0 Å². The summed E-state index contributed by atoms with van der Waals surface area (Å²) in [5.41, 5.74) is 0.139. The zero-order valence-corrected chi connectivity index (χ0v) is 25.6. The molecule has 0 saturated heterocycles. The van der Waals surface area contributed by atoms with E-state index in [1.807, 2.05) is 6.07 Å². The maximum Gasteiger partial charge on any atom is 0.338 e. The Hall–Kier alpha value is -3.43. The molecule has 2 saturated carbocycles. The molecule has 0 unspecified atom stereocenters. The van der Waals surface area contributed by atoms with Crippen molar-refractivity contribution in [1.29, 1.82) is 0 Å². The van der Waals surface area contributed by atoms with E-state index in [9.17, 15) is 21.6 Å². The van der Waals surface area contributed by atoms with Crippen LogP contribution in [0.5, 0.6) is 0 Å². The van der Waals surface area contributed by atoms with E-state index in [0.29, 0.717) is 24.1 Å². The fraction of sp³-hybridized carbons (Fsp3) is 0.364. The number of allylic oxidation sites excluding steroid dienone is 1. The third kappa shape index (κ3) is 4.31. The summed E-state index contributed by atoms with van der Waals surface area (Å²) >= 11 is 0. The third-order valence-corrected chi connectivity index (χ3v) is 13.8. The van der Waals surface area contributed by atoms with Gasteiger partial charge in [0.15, 0.2) is 9.84 Å². The average Bonchev–Trinajstić information content (AvgIpc) is 3.32. The monoisotopic (exact) mass is 605 g/mol. The summed E-state index contributed by atoms with van der Waals surface area (Å²) in [6.07, 6.45) is 1.50. The van der Waals surface area contributed by atoms with Gasteiger partial charge in [0.2, 0.25) is 0 Å². The molecule has 0 spiro atoms. The number of fused-ring (bicyclic) bond motifs is 2. The predicted molar refractivity (Wildman–Crippen MR) is 159 cm³/mol. The molecule has 3 aromatic rings. The molecule has 42 heavy (non-hydrogen) atoms. The minimum Gasteiger partial charge on any atom is -0.458 e. The summed E-state index contributed by atoms with van der Waals surface area (Å²) in [6.45, 7) is 5.80.